The van der Waals surface area contributed by atoms with Gasteiger partial charge in [0.2, 0.25) is 0 Å². The number of nitrogens with zero attached hydrogens (tertiary/aromatic N) is 1. The van der Waals surface area contributed by atoms with E-state index in [0.29, 0.717) is 13.2 Å². The van der Waals surface area contributed by atoms with Crippen molar-refractivity contribution in [1.29, 1.82) is 0 Å². The lowest BCUT2D eigenvalue weighted by atomic mass is 10.2. The fraction of sp³-hybridized carbons (Fsp3) is 0.304. The van der Waals surface area contributed by atoms with E-state index in [1.54, 1.807) is 11.0 Å². The highest BCUT2D eigenvalue weighted by molar-refractivity contribution is 5.90. The second kappa shape index (κ2) is 10.4. The first-order valence-corrected chi connectivity index (χ1v) is 9.52. The summed E-state index contributed by atoms with van der Waals surface area (Å²) in [7, 11) is 0. The van der Waals surface area contributed by atoms with E-state index in [1.165, 1.54) is 6.08 Å². The van der Waals surface area contributed by atoms with Gasteiger partial charge in [-0.1, -0.05) is 66.7 Å². The van der Waals surface area contributed by atoms with Crippen molar-refractivity contribution in [3.8, 4) is 0 Å². The maximum absolute atomic E-state index is 12.4. The molecule has 1 amide bonds. The second-order valence-corrected chi connectivity index (χ2v) is 6.75. The summed E-state index contributed by atoms with van der Waals surface area (Å²) in [6, 6.07) is 19.2. The summed E-state index contributed by atoms with van der Waals surface area (Å²) >= 11 is 0. The van der Waals surface area contributed by atoms with Crippen LogP contribution >= 0.6 is 0 Å². The Morgan fingerprint density at radius 3 is 2.29 bits per heavy atom. The van der Waals surface area contributed by atoms with Crippen LogP contribution in [-0.4, -0.2) is 36.0 Å². The molecule has 28 heavy (non-hydrogen) atoms. The Labute approximate surface area is 165 Å². The summed E-state index contributed by atoms with van der Waals surface area (Å²) < 4.78 is 10.9. The summed E-state index contributed by atoms with van der Waals surface area (Å²) in [5.41, 5.74) is 1.98. The quantitative estimate of drug-likeness (QED) is 0.647. The number of hydrogen-bond acceptors (Lipinski definition) is 4. The highest BCUT2D eigenvalue weighted by atomic mass is 16.6. The van der Waals surface area contributed by atoms with Crippen LogP contribution in [-0.2, 0) is 27.5 Å². The number of carbonyl (C=O) groups is 2. The van der Waals surface area contributed by atoms with Gasteiger partial charge in [0.15, 0.2) is 5.78 Å². The third kappa shape index (κ3) is 6.06. The van der Waals surface area contributed by atoms with Crippen LogP contribution in [0.5, 0.6) is 0 Å². The first-order valence-electron chi connectivity index (χ1n) is 9.52. The zero-order valence-corrected chi connectivity index (χ0v) is 15.8. The predicted octanol–water partition coefficient (Wildman–Crippen LogP) is 4.13. The van der Waals surface area contributed by atoms with Gasteiger partial charge in [0.25, 0.3) is 0 Å². The number of benzene rings is 2. The molecule has 0 aromatic heterocycles. The lowest BCUT2D eigenvalue weighted by Gasteiger charge is -2.21. The maximum atomic E-state index is 12.4. The van der Waals surface area contributed by atoms with Gasteiger partial charge >= 0.3 is 6.09 Å². The fourth-order valence-corrected chi connectivity index (χ4v) is 3.13. The SMILES string of the molecule is O=C(/C=C/[C@@H]1CCCN1C(=O)OCc1ccccc1)COCc1ccccc1. The Bertz CT molecular complexity index is 789. The second-order valence-electron chi connectivity index (χ2n) is 6.75. The first-order chi connectivity index (χ1) is 13.7. The maximum Gasteiger partial charge on any atom is 0.410 e. The van der Waals surface area contributed by atoms with E-state index in [1.807, 2.05) is 60.7 Å². The van der Waals surface area contributed by atoms with Crippen molar-refractivity contribution in [3.63, 3.8) is 0 Å². The third-order valence-corrected chi connectivity index (χ3v) is 4.60. The van der Waals surface area contributed by atoms with Crippen LogP contribution < -0.4 is 0 Å². The van der Waals surface area contributed by atoms with Crippen molar-refractivity contribution in [2.24, 2.45) is 0 Å². The van der Waals surface area contributed by atoms with E-state index in [-0.39, 0.29) is 31.1 Å². The number of hydrogen-bond donors (Lipinski definition) is 0. The molecule has 5 heteroatoms. The van der Waals surface area contributed by atoms with E-state index >= 15 is 0 Å². The number of ketones is 1. The molecule has 146 valence electrons. The molecule has 0 spiro atoms. The van der Waals surface area contributed by atoms with E-state index in [4.69, 9.17) is 9.47 Å². The van der Waals surface area contributed by atoms with E-state index in [9.17, 15) is 9.59 Å². The van der Waals surface area contributed by atoms with Gasteiger partial charge in [0.05, 0.1) is 12.6 Å². The summed E-state index contributed by atoms with van der Waals surface area (Å²) in [5, 5.41) is 0. The molecular formula is C23H25NO4. The minimum Gasteiger partial charge on any atom is -0.445 e. The number of likely N-dealkylation sites (tertiary alicyclic amines) is 1. The van der Waals surface area contributed by atoms with Crippen molar-refractivity contribution < 1.29 is 19.1 Å². The van der Waals surface area contributed by atoms with Gasteiger partial charge < -0.3 is 14.4 Å². The van der Waals surface area contributed by atoms with Gasteiger partial charge in [-0.25, -0.2) is 4.79 Å². The smallest absolute Gasteiger partial charge is 0.410 e. The minimum atomic E-state index is -0.344. The van der Waals surface area contributed by atoms with Crippen LogP contribution in [0, 0.1) is 0 Å². The molecule has 1 atom stereocenters. The summed E-state index contributed by atoms with van der Waals surface area (Å²) in [5.74, 6) is -0.111. The van der Waals surface area contributed by atoms with Crippen LogP contribution in [0.2, 0.25) is 0 Å². The molecule has 2 aromatic carbocycles. The van der Waals surface area contributed by atoms with Gasteiger partial charge in [-0.05, 0) is 30.0 Å². The average Bonchev–Trinajstić information content (AvgIpc) is 3.21. The van der Waals surface area contributed by atoms with Gasteiger partial charge in [-0.2, -0.15) is 0 Å². The largest absolute Gasteiger partial charge is 0.445 e. The lowest BCUT2D eigenvalue weighted by molar-refractivity contribution is -0.119. The standard InChI is InChI=1S/C23H25NO4/c25-22(18-27-16-19-8-3-1-4-9-19)14-13-21-12-7-15-24(21)23(26)28-17-20-10-5-2-6-11-20/h1-6,8-11,13-14,21H,7,12,15-18H2/b14-13+/t21-/m0/s1. The fourth-order valence-electron chi connectivity index (χ4n) is 3.13. The number of rotatable bonds is 8. The third-order valence-electron chi connectivity index (χ3n) is 4.60. The molecule has 0 saturated carbocycles. The van der Waals surface area contributed by atoms with Gasteiger partial charge in [-0.15, -0.1) is 0 Å². The molecule has 0 bridgehead atoms. The Morgan fingerprint density at radius 1 is 0.964 bits per heavy atom. The zero-order chi connectivity index (χ0) is 19.6. The molecule has 5 nitrogen and oxygen atoms in total. The van der Waals surface area contributed by atoms with E-state index < -0.39 is 0 Å². The zero-order valence-electron chi connectivity index (χ0n) is 15.8. The van der Waals surface area contributed by atoms with Crippen LogP contribution in [0.1, 0.15) is 24.0 Å². The summed E-state index contributed by atoms with van der Waals surface area (Å²) in [6.07, 6.45) is 4.68. The van der Waals surface area contributed by atoms with Gasteiger partial charge in [-0.3, -0.25) is 4.79 Å². The molecule has 0 radical (unpaired) electrons. The molecule has 1 fully saturated rings. The van der Waals surface area contributed by atoms with Crippen LogP contribution in [0.25, 0.3) is 0 Å². The lowest BCUT2D eigenvalue weighted by Crippen LogP contribution is -2.34. The molecule has 1 aliphatic rings. The normalized spacial score (nSPS) is 16.4. The minimum absolute atomic E-state index is 0.0244. The average molecular weight is 379 g/mol. The Balaban J connectivity index is 1.43. The topological polar surface area (TPSA) is 55.8 Å². The van der Waals surface area contributed by atoms with Crippen LogP contribution in [0.4, 0.5) is 4.79 Å². The highest BCUT2D eigenvalue weighted by Gasteiger charge is 2.28. The molecule has 3 rings (SSSR count). The highest BCUT2D eigenvalue weighted by Crippen LogP contribution is 2.20. The molecule has 2 aromatic rings. The van der Waals surface area contributed by atoms with Crippen molar-refractivity contribution in [1.82, 2.24) is 4.90 Å². The molecule has 0 N–H and O–H groups in total. The molecule has 0 aliphatic carbocycles. The van der Waals surface area contributed by atoms with E-state index in [0.717, 1.165) is 24.0 Å². The number of carbonyl (C=O) groups excluding carboxylic acids is 2. The first kappa shape index (κ1) is 19.8. The molecule has 1 heterocycles. The number of amides is 1. The summed E-state index contributed by atoms with van der Waals surface area (Å²) in [4.78, 5) is 26.1. The van der Waals surface area contributed by atoms with Gasteiger partial charge in [0.1, 0.15) is 13.2 Å². The molecule has 1 saturated heterocycles. The number of ether oxygens (including phenoxy) is 2. The molecular weight excluding hydrogens is 354 g/mol. The van der Waals surface area contributed by atoms with Gasteiger partial charge in [0, 0.05) is 6.54 Å². The Morgan fingerprint density at radius 2 is 1.61 bits per heavy atom. The van der Waals surface area contributed by atoms with Crippen molar-refractivity contribution in [2.75, 3.05) is 13.2 Å². The van der Waals surface area contributed by atoms with Crippen LogP contribution in [0.15, 0.2) is 72.8 Å². The van der Waals surface area contributed by atoms with Crippen LogP contribution in [0.3, 0.4) is 0 Å². The van der Waals surface area contributed by atoms with E-state index in [2.05, 4.69) is 0 Å². The molecule has 1 aliphatic heterocycles. The summed E-state index contributed by atoms with van der Waals surface area (Å²) in [6.45, 7) is 1.32. The Hall–Kier alpha value is -2.92. The van der Waals surface area contributed by atoms with Crippen molar-refractivity contribution >= 4 is 11.9 Å². The predicted molar refractivity (Wildman–Crippen MR) is 107 cm³/mol. The monoisotopic (exact) mass is 379 g/mol. The van der Waals surface area contributed by atoms with Crippen molar-refractivity contribution in [2.45, 2.75) is 32.1 Å². The van der Waals surface area contributed by atoms with Crippen molar-refractivity contribution in [3.05, 3.63) is 83.9 Å². The Kier molecular flexibility index (Phi) is 7.38. The molecule has 0 unspecified atom stereocenters.